The van der Waals surface area contributed by atoms with Crippen LogP contribution in [0.4, 0.5) is 0 Å². The molecule has 0 radical (unpaired) electrons. The third kappa shape index (κ3) is 28.9. The van der Waals surface area contributed by atoms with E-state index in [0.29, 0.717) is 104 Å². The first kappa shape index (κ1) is 120. The zero-order valence-corrected chi connectivity index (χ0v) is 95.8. The van der Waals surface area contributed by atoms with Crippen molar-refractivity contribution in [2.45, 2.75) is 165 Å². The second kappa shape index (κ2) is 53.8. The van der Waals surface area contributed by atoms with Gasteiger partial charge in [-0.25, -0.2) is 9.59 Å². The summed E-state index contributed by atoms with van der Waals surface area (Å²) < 4.78 is 26.7. The maximum atomic E-state index is 12.6. The molecule has 3 fully saturated rings. The van der Waals surface area contributed by atoms with Crippen molar-refractivity contribution >= 4 is 125 Å². The number of aromatic nitrogens is 4. The number of aromatic carboxylic acids is 1. The maximum Gasteiger partial charge on any atom is 1.00 e. The van der Waals surface area contributed by atoms with Crippen molar-refractivity contribution < 1.29 is 202 Å². The quantitative estimate of drug-likeness (QED) is 0.00378. The first-order valence-electron chi connectivity index (χ1n) is 47.5. The maximum absolute atomic E-state index is 12.6. The molecule has 0 aliphatic carbocycles. The summed E-state index contributed by atoms with van der Waals surface area (Å²) in [7, 11) is 0. The fourth-order valence-corrected chi connectivity index (χ4v) is 20.1. The standard InChI is InChI=1S/C31H34ClN2O4.C30H31ClN2O5.C18H17BrNO3.C18H16BrNO2.C13H18ClNO.C3H4NO3.CH4.2K.H/c1-21(35)22-8-13-29-27(18-22)25(26-7-5-16-34(37)28(26)19-38-29)6-4-15-33-17-14-31(36,30(2,3)20-33)23-9-11-24(32)12-10-23;1-29(2)19-32(16-13-30(29,36)21-8-10-22(31)11-9-21)14-3-5-23-24-6-4-15-33(37)26(24)18-38-27-12-7-20(28(34)35)17-25(23)27;1-12(21)13-6-7-18-16(10-13)14(4-2-8-19)15-5-3-9-20(22)17(15)11-23-18;1-12(21)13-6-7-18-16(10-13)14(4-2-8-19)15-5-3-9-20-17(15)11-22-18;1-12(2)9-15-8-7-13(12,16)10-3-5-11(14)6-4-10;1-3(5)7-6-2-4;;;;/h5-13,16,18,36-37H,4,14-15,17,19-20H2,1-3H3;4-12,15,17,36H,3,13-14,16,18-19H2,1-2H3,(H,34,35);3-7,9-10,22H,2,8,11H2,1H3;3-7,9-10H,2,8,11H2,1H3;3-6,15-16H,7-9H2,1-2H3;2H,1H3;1H4;;;/q+1;;+1;;;-1;;2*+1;-1/b25-6+;23-5+;2*14-4+;;;;;;. The summed E-state index contributed by atoms with van der Waals surface area (Å²) in [6.07, 6.45) is 20.3. The Balaban J connectivity index is 0.000000207. The van der Waals surface area contributed by atoms with Crippen LogP contribution < -0.4 is 141 Å². The number of hydrogen-bond donors (Lipinski definition) is 7. The Hall–Kier alpha value is -9.02. The van der Waals surface area contributed by atoms with E-state index in [1.54, 1.807) is 81.8 Å². The van der Waals surface area contributed by atoms with E-state index in [1.165, 1.54) is 12.3 Å². The molecule has 147 heavy (non-hydrogen) atoms. The molecular formula is C114H125Br2Cl3K2N8O18+2. The Labute approximate surface area is 977 Å². The van der Waals surface area contributed by atoms with Gasteiger partial charge in [0.1, 0.15) is 29.6 Å². The van der Waals surface area contributed by atoms with Gasteiger partial charge in [0, 0.05) is 179 Å². The Kier molecular flexibility index (Phi) is 43.9. The van der Waals surface area contributed by atoms with Crippen LogP contribution in [0, 0.1) is 21.5 Å². The summed E-state index contributed by atoms with van der Waals surface area (Å²) in [4.78, 5) is 73.6. The van der Waals surface area contributed by atoms with E-state index in [2.05, 4.69) is 134 Å². The first-order valence-corrected chi connectivity index (χ1v) is 50.9. The summed E-state index contributed by atoms with van der Waals surface area (Å²) >= 11 is 24.9. The number of halogens is 5. The van der Waals surface area contributed by atoms with Gasteiger partial charge in [0.15, 0.2) is 43.4 Å². The average Bonchev–Trinajstić information content (AvgIpc) is 1.02. The van der Waals surface area contributed by atoms with Gasteiger partial charge < -0.3 is 71.4 Å². The number of carbonyl (C=O) groups is 5. The molecule has 3 unspecified atom stereocenters. The second-order valence-corrected chi connectivity index (χ2v) is 41.0. The van der Waals surface area contributed by atoms with Crippen LogP contribution in [0.1, 0.15) is 248 Å². The SMILES string of the molecule is C.CC(=O)OOC=[N-].CC(=O)c1ccc2c(c1)/C(=C/CCBr)c1ccc[n+](O)c1CO2.CC(=O)c1ccc2c(c1)/C(=C/CCBr)c1cccnc1CO2.CC(=O)c1ccc2c(c1)/C(=C/CCN1CCC(O)(c3ccc(Cl)cc3)C(C)(C)C1)c1ccc[n+](O)c1CO2.CC1(C)CN(CC/C=C2/c3cc(C(=O)O)ccc3OCc3c2ccc[n+]3[O-])CCC1(O)c1ccc(Cl)cc1.CC1(C)CNCCC1(O)c1ccc(Cl)cc1.[H-].[K+].[K+]. The van der Waals surface area contributed by atoms with E-state index in [-0.39, 0.29) is 172 Å². The van der Waals surface area contributed by atoms with Crippen LogP contribution in [0.15, 0.2) is 243 Å². The van der Waals surface area contributed by atoms with Crippen LogP contribution in [0.25, 0.3) is 27.7 Å². The molecule has 764 valence electrons. The summed E-state index contributed by atoms with van der Waals surface area (Å²) in [6, 6.07) is 58.9. The Morgan fingerprint density at radius 3 is 1.18 bits per heavy atom. The average molecular weight is 2240 g/mol. The molecule has 7 aromatic carbocycles. The van der Waals surface area contributed by atoms with E-state index in [9.17, 15) is 60.0 Å². The van der Waals surface area contributed by atoms with Crippen LogP contribution in [-0.2, 0) is 57.8 Å². The molecule has 3 atom stereocenters. The second-order valence-electron chi connectivity index (χ2n) is 38.1. The van der Waals surface area contributed by atoms with E-state index < -0.39 is 34.2 Å². The van der Waals surface area contributed by atoms with Crippen LogP contribution in [0.3, 0.4) is 0 Å². The van der Waals surface area contributed by atoms with E-state index in [1.807, 2.05) is 140 Å². The fraction of sp³-hybridized carbons (Fsp3) is 0.333. The largest absolute Gasteiger partial charge is 1.00 e. The van der Waals surface area contributed by atoms with Crippen molar-refractivity contribution in [3.8, 4) is 23.0 Å². The molecule has 3 saturated heterocycles. The predicted octanol–water partition coefficient (Wildman–Crippen LogP) is 15.7. The number of nitrogens with one attached hydrogen (secondary N) is 1. The van der Waals surface area contributed by atoms with Crippen molar-refractivity contribution in [1.29, 1.82) is 0 Å². The third-order valence-corrected chi connectivity index (χ3v) is 29.0. The molecule has 7 N–H and O–H groups in total. The minimum absolute atomic E-state index is 0. The number of nitrogens with zero attached hydrogens (tertiary/aromatic N) is 7. The van der Waals surface area contributed by atoms with Crippen molar-refractivity contribution in [1.82, 2.24) is 20.1 Å². The van der Waals surface area contributed by atoms with E-state index in [4.69, 9.17) is 59.2 Å². The van der Waals surface area contributed by atoms with Crippen LogP contribution in [-0.4, -0.2) is 144 Å². The van der Waals surface area contributed by atoms with E-state index in [0.717, 1.165) is 193 Å². The molecule has 0 spiro atoms. The van der Waals surface area contributed by atoms with Crippen molar-refractivity contribution in [3.05, 3.63) is 375 Å². The molecule has 11 aromatic rings. The third-order valence-electron chi connectivity index (χ3n) is 27.4. The van der Waals surface area contributed by atoms with Gasteiger partial charge in [-0.1, -0.05) is 182 Å². The number of fused-ring (bicyclic) bond motifs is 8. The zero-order valence-electron chi connectivity index (χ0n) is 85.1. The van der Waals surface area contributed by atoms with Gasteiger partial charge in [-0.05, 0) is 245 Å². The number of carboxylic acids is 1. The van der Waals surface area contributed by atoms with Gasteiger partial charge in [0.2, 0.25) is 18.1 Å². The Bertz CT molecular complexity index is 6490. The van der Waals surface area contributed by atoms with Crippen molar-refractivity contribution in [2.75, 3.05) is 63.0 Å². The minimum Gasteiger partial charge on any atom is -1.00 e. The molecule has 7 aliphatic heterocycles. The van der Waals surface area contributed by atoms with Gasteiger partial charge in [-0.15, -0.1) is 0 Å². The summed E-state index contributed by atoms with van der Waals surface area (Å²) in [5, 5.41) is 91.7. The molecule has 18 rings (SSSR count). The smallest absolute Gasteiger partial charge is 1.00 e. The van der Waals surface area contributed by atoms with Gasteiger partial charge in [-0.3, -0.25) is 34.7 Å². The fourth-order valence-electron chi connectivity index (χ4n) is 19.3. The number of carboxylic acid groups (broad SMARTS) is 1. The van der Waals surface area contributed by atoms with Gasteiger partial charge in [0.05, 0.1) is 44.8 Å². The summed E-state index contributed by atoms with van der Waals surface area (Å²) in [6.45, 7) is 25.6. The molecule has 7 aliphatic rings. The summed E-state index contributed by atoms with van der Waals surface area (Å²) in [5.41, 5.74) is 14.8. The molecule has 0 amide bonds. The van der Waals surface area contributed by atoms with Gasteiger partial charge >= 0.3 is 115 Å². The molecular weight excluding hydrogens is 2110 g/mol. The molecule has 33 heteroatoms. The van der Waals surface area contributed by atoms with Crippen LogP contribution in [0.2, 0.25) is 15.1 Å². The number of pyridine rings is 4. The number of piperidine rings is 3. The number of aliphatic hydroxyl groups is 3. The van der Waals surface area contributed by atoms with Crippen molar-refractivity contribution in [3.63, 3.8) is 0 Å². The number of ketones is 3. The van der Waals surface area contributed by atoms with Gasteiger partial charge in [0.25, 0.3) is 11.4 Å². The number of ether oxygens (including phenoxy) is 4. The topological polar surface area (TPSA) is 351 Å². The molecule has 26 nitrogen and oxygen atoms in total. The molecule has 0 bridgehead atoms. The number of hydrogen-bond acceptors (Lipinski definition) is 21. The first-order chi connectivity index (χ1) is 68.7. The summed E-state index contributed by atoms with van der Waals surface area (Å²) in [5.74, 6) is 1.17. The number of Topliss-reactive ketones (excluding diaryl/α,β-unsaturated/α-hetero) is 3. The van der Waals surface area contributed by atoms with Crippen LogP contribution >= 0.6 is 66.7 Å². The number of benzene rings is 7. The molecule has 4 aromatic heterocycles. The Morgan fingerprint density at radius 2 is 0.823 bits per heavy atom. The number of allylic oxidation sites excluding steroid dienone is 2. The zero-order chi connectivity index (χ0) is 104. The molecule has 0 saturated carbocycles. The number of likely N-dealkylation sites (tertiary alicyclic amines) is 2. The van der Waals surface area contributed by atoms with Crippen LogP contribution in [0.5, 0.6) is 23.0 Å². The Morgan fingerprint density at radius 1 is 0.476 bits per heavy atom. The predicted molar refractivity (Wildman–Crippen MR) is 569 cm³/mol. The van der Waals surface area contributed by atoms with Crippen molar-refractivity contribution in [2.24, 2.45) is 16.2 Å². The van der Waals surface area contributed by atoms with E-state index >= 15 is 0 Å². The normalized spacial score (nSPS) is 19.2. The minimum atomic E-state index is -1.02. The van der Waals surface area contributed by atoms with Gasteiger partial charge in [-0.2, -0.15) is 4.73 Å². The number of rotatable bonds is 19. The number of carbonyl (C=O) groups excluding carboxylic acids is 4. The monoisotopic (exact) mass is 2230 g/mol. The molecule has 11 heterocycles. The number of alkyl halides is 2.